The minimum absolute atomic E-state index is 0.729. The summed E-state index contributed by atoms with van der Waals surface area (Å²) < 4.78 is 0. The highest BCUT2D eigenvalue weighted by Gasteiger charge is 2.13. The van der Waals surface area contributed by atoms with E-state index in [2.05, 4.69) is 39.1 Å². The van der Waals surface area contributed by atoms with Gasteiger partial charge in [-0.05, 0) is 37.6 Å². The molecule has 0 bridgehead atoms. The average molecular weight is 303 g/mol. The molecule has 0 unspecified atom stereocenters. The van der Waals surface area contributed by atoms with Crippen molar-refractivity contribution in [3.63, 3.8) is 0 Å². The molecule has 5 nitrogen and oxygen atoms in total. The highest BCUT2D eigenvalue weighted by Crippen LogP contribution is 2.30. The Morgan fingerprint density at radius 2 is 2.00 bits per heavy atom. The Balaban J connectivity index is 2.28. The molecule has 0 amide bonds. The number of nitrogens with one attached hydrogen (secondary N) is 1. The van der Waals surface area contributed by atoms with Crippen LogP contribution < -0.4 is 5.32 Å². The van der Waals surface area contributed by atoms with E-state index < -0.39 is 0 Å². The van der Waals surface area contributed by atoms with Gasteiger partial charge >= 0.3 is 0 Å². The zero-order valence-corrected chi connectivity index (χ0v) is 13.6. The molecular weight excluding hydrogens is 282 g/mol. The van der Waals surface area contributed by atoms with Crippen molar-refractivity contribution >= 4 is 17.6 Å². The molecule has 2 aromatic rings. The molecule has 0 fully saturated rings. The first-order chi connectivity index (χ1) is 10.2. The zero-order valence-electron chi connectivity index (χ0n) is 12.8. The van der Waals surface area contributed by atoms with Gasteiger partial charge in [0, 0.05) is 24.0 Å². The van der Waals surface area contributed by atoms with Crippen LogP contribution in [0.5, 0.6) is 0 Å². The summed E-state index contributed by atoms with van der Waals surface area (Å²) in [6.45, 7) is 7.18. The Kier molecular flexibility index (Phi) is 5.92. The van der Waals surface area contributed by atoms with Gasteiger partial charge in [-0.3, -0.25) is 0 Å². The third kappa shape index (κ3) is 4.39. The third-order valence-corrected chi connectivity index (χ3v) is 3.83. The summed E-state index contributed by atoms with van der Waals surface area (Å²) in [4.78, 5) is 17.5. The fourth-order valence-electron chi connectivity index (χ4n) is 1.92. The summed E-state index contributed by atoms with van der Waals surface area (Å²) in [5.74, 6) is 0.934. The molecule has 2 rings (SSSR count). The second-order valence-corrected chi connectivity index (χ2v) is 5.72. The normalized spacial score (nSPS) is 10.6. The lowest BCUT2D eigenvalue weighted by Crippen LogP contribution is -2.07. The summed E-state index contributed by atoms with van der Waals surface area (Å²) in [5, 5.41) is 5.05. The van der Waals surface area contributed by atoms with Crippen LogP contribution >= 0.6 is 11.8 Å². The van der Waals surface area contributed by atoms with Gasteiger partial charge in [-0.1, -0.05) is 20.3 Å². The summed E-state index contributed by atoms with van der Waals surface area (Å²) >= 11 is 1.50. The van der Waals surface area contributed by atoms with E-state index in [4.69, 9.17) is 0 Å². The molecule has 0 saturated carbocycles. The van der Waals surface area contributed by atoms with Crippen molar-refractivity contribution in [1.82, 2.24) is 19.9 Å². The predicted molar refractivity (Wildman–Crippen MR) is 85.7 cm³/mol. The van der Waals surface area contributed by atoms with Crippen molar-refractivity contribution in [3.8, 4) is 0 Å². The first-order valence-corrected chi connectivity index (χ1v) is 8.11. The molecule has 2 heterocycles. The minimum Gasteiger partial charge on any atom is -0.370 e. The van der Waals surface area contributed by atoms with Crippen LogP contribution in [0.15, 0.2) is 28.8 Å². The van der Waals surface area contributed by atoms with Gasteiger partial charge in [0.25, 0.3) is 0 Å². The standard InChI is InChI=1S/C15H21N5S/c1-4-6-12-13(16-8-5-2)18-10-19-14(12)21-15-17-9-7-11(3)20-15/h7,9-10H,4-6,8H2,1-3H3,(H,16,18,19). The lowest BCUT2D eigenvalue weighted by Gasteiger charge is -2.12. The lowest BCUT2D eigenvalue weighted by molar-refractivity contribution is 0.844. The number of nitrogens with zero attached hydrogens (tertiary/aromatic N) is 4. The zero-order chi connectivity index (χ0) is 15.1. The van der Waals surface area contributed by atoms with Gasteiger partial charge in [0.2, 0.25) is 0 Å². The van der Waals surface area contributed by atoms with Crippen LogP contribution in [0.4, 0.5) is 5.82 Å². The molecule has 0 aliphatic rings. The van der Waals surface area contributed by atoms with Crippen molar-refractivity contribution in [2.75, 3.05) is 11.9 Å². The van der Waals surface area contributed by atoms with Crippen molar-refractivity contribution in [3.05, 3.63) is 29.8 Å². The topological polar surface area (TPSA) is 63.6 Å². The van der Waals surface area contributed by atoms with E-state index in [-0.39, 0.29) is 0 Å². The van der Waals surface area contributed by atoms with Crippen LogP contribution in [0.3, 0.4) is 0 Å². The van der Waals surface area contributed by atoms with Gasteiger partial charge in [-0.15, -0.1) is 0 Å². The van der Waals surface area contributed by atoms with E-state index in [0.717, 1.165) is 53.1 Å². The van der Waals surface area contributed by atoms with E-state index in [1.807, 2.05) is 13.0 Å². The Morgan fingerprint density at radius 3 is 2.71 bits per heavy atom. The van der Waals surface area contributed by atoms with E-state index >= 15 is 0 Å². The maximum atomic E-state index is 4.43. The number of aromatic nitrogens is 4. The molecule has 0 radical (unpaired) electrons. The monoisotopic (exact) mass is 303 g/mol. The quantitative estimate of drug-likeness (QED) is 0.624. The molecule has 2 aromatic heterocycles. The Labute approximate surface area is 130 Å². The van der Waals surface area contributed by atoms with Crippen molar-refractivity contribution < 1.29 is 0 Å². The Morgan fingerprint density at radius 1 is 1.14 bits per heavy atom. The molecule has 21 heavy (non-hydrogen) atoms. The van der Waals surface area contributed by atoms with Gasteiger partial charge in [0.15, 0.2) is 5.16 Å². The van der Waals surface area contributed by atoms with Crippen LogP contribution in [-0.2, 0) is 6.42 Å². The van der Waals surface area contributed by atoms with Crippen molar-refractivity contribution in [2.45, 2.75) is 50.2 Å². The fourth-order valence-corrected chi connectivity index (χ4v) is 2.81. The highest BCUT2D eigenvalue weighted by atomic mass is 32.2. The Bertz CT molecular complexity index is 588. The first kappa shape index (κ1) is 15.7. The maximum Gasteiger partial charge on any atom is 0.194 e. The number of aryl methyl sites for hydroxylation is 1. The molecule has 0 saturated heterocycles. The maximum absolute atomic E-state index is 4.43. The van der Waals surface area contributed by atoms with Gasteiger partial charge in [-0.2, -0.15) is 0 Å². The predicted octanol–water partition coefficient (Wildman–Crippen LogP) is 3.50. The van der Waals surface area contributed by atoms with Crippen LogP contribution in [-0.4, -0.2) is 26.5 Å². The van der Waals surface area contributed by atoms with E-state index in [1.54, 1.807) is 12.5 Å². The fraction of sp³-hybridized carbons (Fsp3) is 0.467. The minimum atomic E-state index is 0.729. The second kappa shape index (κ2) is 7.93. The molecule has 1 N–H and O–H groups in total. The van der Waals surface area contributed by atoms with Gasteiger partial charge in [-0.25, -0.2) is 19.9 Å². The highest BCUT2D eigenvalue weighted by molar-refractivity contribution is 7.99. The molecular formula is C15H21N5S. The average Bonchev–Trinajstić information content (AvgIpc) is 2.48. The first-order valence-electron chi connectivity index (χ1n) is 7.29. The van der Waals surface area contributed by atoms with Gasteiger partial charge in [0.05, 0.1) is 0 Å². The van der Waals surface area contributed by atoms with Gasteiger partial charge in [0.1, 0.15) is 17.2 Å². The molecule has 0 spiro atoms. The number of hydrogen-bond donors (Lipinski definition) is 1. The van der Waals surface area contributed by atoms with Crippen molar-refractivity contribution in [2.24, 2.45) is 0 Å². The van der Waals surface area contributed by atoms with Crippen LogP contribution in [0.25, 0.3) is 0 Å². The third-order valence-electron chi connectivity index (χ3n) is 2.91. The van der Waals surface area contributed by atoms with Crippen LogP contribution in [0.2, 0.25) is 0 Å². The van der Waals surface area contributed by atoms with E-state index in [0.29, 0.717) is 0 Å². The number of rotatable bonds is 7. The van der Waals surface area contributed by atoms with E-state index in [9.17, 15) is 0 Å². The van der Waals surface area contributed by atoms with E-state index in [1.165, 1.54) is 11.8 Å². The largest absolute Gasteiger partial charge is 0.370 e. The molecule has 0 aliphatic carbocycles. The molecule has 0 aliphatic heterocycles. The number of anilines is 1. The summed E-state index contributed by atoms with van der Waals surface area (Å²) in [7, 11) is 0. The van der Waals surface area contributed by atoms with Crippen LogP contribution in [0.1, 0.15) is 37.9 Å². The van der Waals surface area contributed by atoms with Gasteiger partial charge < -0.3 is 5.32 Å². The smallest absolute Gasteiger partial charge is 0.194 e. The number of hydrogen-bond acceptors (Lipinski definition) is 6. The molecule has 112 valence electrons. The summed E-state index contributed by atoms with van der Waals surface area (Å²) in [6, 6.07) is 1.89. The molecule has 6 heteroatoms. The molecule has 0 aromatic carbocycles. The molecule has 0 atom stereocenters. The summed E-state index contributed by atoms with van der Waals surface area (Å²) in [5.41, 5.74) is 2.12. The Hall–Kier alpha value is -1.69. The van der Waals surface area contributed by atoms with Crippen molar-refractivity contribution in [1.29, 1.82) is 0 Å². The second-order valence-electron chi connectivity index (χ2n) is 4.77. The SMILES string of the molecule is CCCNc1ncnc(Sc2nccc(C)n2)c1CCC. The lowest BCUT2D eigenvalue weighted by atomic mass is 10.2. The summed E-state index contributed by atoms with van der Waals surface area (Å²) in [6.07, 6.45) is 6.45. The van der Waals surface area contributed by atoms with Crippen LogP contribution in [0, 0.1) is 6.92 Å².